The van der Waals surface area contributed by atoms with E-state index in [1.165, 1.54) is 27.8 Å². The number of anilines is 1. The highest BCUT2D eigenvalue weighted by molar-refractivity contribution is 7.89. The maximum atomic E-state index is 13.9. The minimum atomic E-state index is -3.85. The summed E-state index contributed by atoms with van der Waals surface area (Å²) in [6, 6.07) is 12.4. The fraction of sp³-hybridized carbons (Fsp3) is 0.308. The zero-order valence-corrected chi connectivity index (χ0v) is 21.6. The van der Waals surface area contributed by atoms with Crippen LogP contribution >= 0.6 is 11.3 Å². The Morgan fingerprint density at radius 2 is 1.97 bits per heavy atom. The summed E-state index contributed by atoms with van der Waals surface area (Å²) in [6.07, 6.45) is 2.66. The molecule has 0 N–H and O–H groups in total. The third-order valence-electron chi connectivity index (χ3n) is 6.65. The van der Waals surface area contributed by atoms with Gasteiger partial charge in [-0.25, -0.2) is 17.8 Å². The third-order valence-corrected chi connectivity index (χ3v) is 9.57. The maximum absolute atomic E-state index is 13.9. The molecule has 1 aliphatic heterocycles. The Hall–Kier alpha value is -3.08. The van der Waals surface area contributed by atoms with Gasteiger partial charge in [-0.2, -0.15) is 4.31 Å². The van der Waals surface area contributed by atoms with Crippen molar-refractivity contribution in [1.29, 1.82) is 0 Å². The highest BCUT2D eigenvalue weighted by atomic mass is 32.2. The molecule has 0 aliphatic carbocycles. The summed E-state index contributed by atoms with van der Waals surface area (Å²) in [5, 5.41) is 0.554. The summed E-state index contributed by atoms with van der Waals surface area (Å²) < 4.78 is 47.6. The number of hydrogen-bond donors (Lipinski definition) is 0. The second-order valence-corrected chi connectivity index (χ2v) is 12.0. The van der Waals surface area contributed by atoms with Crippen LogP contribution in [0.2, 0.25) is 0 Å². The van der Waals surface area contributed by atoms with E-state index >= 15 is 0 Å². The van der Waals surface area contributed by atoms with Crippen LogP contribution in [0.5, 0.6) is 0 Å². The highest BCUT2D eigenvalue weighted by Gasteiger charge is 2.36. The van der Waals surface area contributed by atoms with Gasteiger partial charge >= 0.3 is 0 Å². The van der Waals surface area contributed by atoms with Gasteiger partial charge in [0.15, 0.2) is 5.13 Å². The number of piperidine rings is 1. The molecule has 7 nitrogen and oxygen atoms in total. The number of carbonyl (C=O) groups excluding carboxylic acids is 1. The Labute approximate surface area is 213 Å². The van der Waals surface area contributed by atoms with Gasteiger partial charge in [-0.05, 0) is 80.3 Å². The highest BCUT2D eigenvalue weighted by Crippen LogP contribution is 2.35. The first-order valence-electron chi connectivity index (χ1n) is 11.7. The second kappa shape index (κ2) is 9.76. The van der Waals surface area contributed by atoms with Crippen molar-refractivity contribution >= 4 is 42.6 Å². The first kappa shape index (κ1) is 24.6. The van der Waals surface area contributed by atoms with Crippen LogP contribution in [0, 0.1) is 25.6 Å². The smallest absolute Gasteiger partial charge is 0.243 e. The number of aromatic nitrogens is 1. The van der Waals surface area contributed by atoms with Crippen molar-refractivity contribution < 1.29 is 22.0 Å². The van der Waals surface area contributed by atoms with E-state index in [4.69, 9.17) is 9.40 Å². The second-order valence-electron chi connectivity index (χ2n) is 9.01. The summed E-state index contributed by atoms with van der Waals surface area (Å²) in [5.41, 5.74) is 3.04. The minimum Gasteiger partial charge on any atom is -0.467 e. The number of nitrogens with zero attached hydrogens (tertiary/aromatic N) is 3. The molecule has 2 aromatic heterocycles. The number of sulfonamides is 1. The van der Waals surface area contributed by atoms with Gasteiger partial charge in [0, 0.05) is 13.1 Å². The van der Waals surface area contributed by atoms with Crippen molar-refractivity contribution in [3.63, 3.8) is 0 Å². The van der Waals surface area contributed by atoms with Crippen molar-refractivity contribution in [1.82, 2.24) is 9.29 Å². The molecule has 3 heterocycles. The molecule has 4 aromatic rings. The van der Waals surface area contributed by atoms with Crippen LogP contribution in [-0.2, 0) is 21.4 Å². The minimum absolute atomic E-state index is 0.0152. The number of furan rings is 1. The topological polar surface area (TPSA) is 83.7 Å². The molecule has 1 amide bonds. The monoisotopic (exact) mass is 527 g/mol. The molecule has 1 unspecified atom stereocenters. The predicted octanol–water partition coefficient (Wildman–Crippen LogP) is 5.28. The van der Waals surface area contributed by atoms with Crippen LogP contribution in [0.1, 0.15) is 29.7 Å². The van der Waals surface area contributed by atoms with E-state index in [-0.39, 0.29) is 23.9 Å². The van der Waals surface area contributed by atoms with E-state index in [9.17, 15) is 17.6 Å². The Kier molecular flexibility index (Phi) is 6.67. The van der Waals surface area contributed by atoms with Gasteiger partial charge in [0.2, 0.25) is 15.9 Å². The molecule has 1 aliphatic rings. The van der Waals surface area contributed by atoms with Gasteiger partial charge in [-0.15, -0.1) is 0 Å². The van der Waals surface area contributed by atoms with Gasteiger partial charge in [-0.1, -0.05) is 17.4 Å². The molecule has 0 saturated carbocycles. The third kappa shape index (κ3) is 4.68. The predicted molar refractivity (Wildman–Crippen MR) is 137 cm³/mol. The van der Waals surface area contributed by atoms with E-state index in [2.05, 4.69) is 0 Å². The average Bonchev–Trinajstić information content (AvgIpc) is 3.55. The van der Waals surface area contributed by atoms with Crippen LogP contribution in [0.15, 0.2) is 64.1 Å². The van der Waals surface area contributed by atoms with E-state index < -0.39 is 21.8 Å². The molecular formula is C26H26FN3O4S2. The van der Waals surface area contributed by atoms with Crippen LogP contribution in [0.4, 0.5) is 9.52 Å². The van der Waals surface area contributed by atoms with E-state index in [1.54, 1.807) is 23.3 Å². The zero-order valence-electron chi connectivity index (χ0n) is 20.0. The molecule has 1 saturated heterocycles. The van der Waals surface area contributed by atoms with Crippen LogP contribution in [0.25, 0.3) is 10.2 Å². The molecule has 5 rings (SSSR count). The van der Waals surface area contributed by atoms with E-state index in [1.807, 2.05) is 26.0 Å². The number of fused-ring (bicyclic) bond motifs is 1. The van der Waals surface area contributed by atoms with Crippen molar-refractivity contribution in [2.24, 2.45) is 5.92 Å². The fourth-order valence-corrected chi connectivity index (χ4v) is 7.02. The van der Waals surface area contributed by atoms with Gasteiger partial charge < -0.3 is 4.42 Å². The number of halogens is 1. The van der Waals surface area contributed by atoms with E-state index in [0.717, 1.165) is 33.5 Å². The first-order valence-corrected chi connectivity index (χ1v) is 14.0. The number of rotatable bonds is 6. The molecule has 10 heteroatoms. The normalized spacial score (nSPS) is 16.9. The lowest BCUT2D eigenvalue weighted by atomic mass is 9.98. The average molecular weight is 528 g/mol. The number of thiazole rings is 1. The van der Waals surface area contributed by atoms with Crippen LogP contribution < -0.4 is 4.90 Å². The van der Waals surface area contributed by atoms with Crippen LogP contribution in [0.3, 0.4) is 0 Å². The molecular weight excluding hydrogens is 501 g/mol. The molecule has 0 spiro atoms. The summed E-state index contributed by atoms with van der Waals surface area (Å²) in [7, 11) is -3.85. The molecule has 1 atom stereocenters. The largest absolute Gasteiger partial charge is 0.467 e. The molecule has 36 heavy (non-hydrogen) atoms. The summed E-state index contributed by atoms with van der Waals surface area (Å²) in [5.74, 6) is -0.629. The van der Waals surface area contributed by atoms with Gasteiger partial charge in [0.1, 0.15) is 11.6 Å². The molecule has 188 valence electrons. The number of benzene rings is 2. The van der Waals surface area contributed by atoms with Crippen molar-refractivity contribution in [3.05, 3.63) is 77.5 Å². The van der Waals surface area contributed by atoms with E-state index in [0.29, 0.717) is 30.3 Å². The lowest BCUT2D eigenvalue weighted by Gasteiger charge is -2.33. The SMILES string of the molecule is Cc1ccc2sc(N(Cc3ccco3)C(=O)C3CCCN(S(=O)(=O)c4ccc(F)cc4)C3)nc2c1C. The Bertz CT molecular complexity index is 1500. The quantitative estimate of drug-likeness (QED) is 0.341. The summed E-state index contributed by atoms with van der Waals surface area (Å²) >= 11 is 1.43. The lowest BCUT2D eigenvalue weighted by molar-refractivity contribution is -0.123. The number of aryl methyl sites for hydroxylation is 2. The van der Waals surface area contributed by atoms with Gasteiger partial charge in [-0.3, -0.25) is 9.69 Å². The number of hydrogen-bond acceptors (Lipinski definition) is 6. The molecule has 0 bridgehead atoms. The first-order chi connectivity index (χ1) is 17.2. The van der Waals surface area contributed by atoms with Gasteiger partial charge in [0.25, 0.3) is 0 Å². The lowest BCUT2D eigenvalue weighted by Crippen LogP contribution is -2.46. The van der Waals surface area contributed by atoms with Crippen molar-refractivity contribution in [2.45, 2.75) is 38.1 Å². The molecule has 1 fully saturated rings. The van der Waals surface area contributed by atoms with Crippen molar-refractivity contribution in [3.8, 4) is 0 Å². The Morgan fingerprint density at radius 3 is 2.69 bits per heavy atom. The molecule has 2 aromatic carbocycles. The van der Waals surface area contributed by atoms with Gasteiger partial charge in [0.05, 0.1) is 33.8 Å². The Morgan fingerprint density at radius 1 is 1.19 bits per heavy atom. The Balaban J connectivity index is 1.45. The number of amides is 1. The van der Waals surface area contributed by atoms with Crippen molar-refractivity contribution in [2.75, 3.05) is 18.0 Å². The standard InChI is InChI=1S/C26H26FN3O4S2/c1-17-7-12-23-24(18(17)2)28-26(35-23)30(16-21-6-4-14-34-21)25(31)19-5-3-13-29(15-19)36(32,33)22-10-8-20(27)9-11-22/h4,6-12,14,19H,3,5,13,15-16H2,1-2H3. The maximum Gasteiger partial charge on any atom is 0.243 e. The molecule has 0 radical (unpaired) electrons. The number of carbonyl (C=O) groups is 1. The zero-order chi connectivity index (χ0) is 25.4. The fourth-order valence-electron chi connectivity index (χ4n) is 4.47. The summed E-state index contributed by atoms with van der Waals surface area (Å²) in [6.45, 7) is 4.60. The summed E-state index contributed by atoms with van der Waals surface area (Å²) in [4.78, 5) is 20.3. The van der Waals surface area contributed by atoms with Crippen LogP contribution in [-0.4, -0.2) is 36.7 Å².